The van der Waals surface area contributed by atoms with Gasteiger partial charge in [0.15, 0.2) is 0 Å². The van der Waals surface area contributed by atoms with Gasteiger partial charge in [-0.1, -0.05) is 20.8 Å². The molecule has 5 nitrogen and oxygen atoms in total. The molecule has 1 aromatic heterocycles. The lowest BCUT2D eigenvalue weighted by Crippen LogP contribution is -2.53. The number of rotatable bonds is 2. The number of ether oxygens (including phenoxy) is 1. The maximum atomic E-state index is 12.6. The first-order valence-electron chi connectivity index (χ1n) is 8.61. The minimum atomic E-state index is -0.363. The van der Waals surface area contributed by atoms with Gasteiger partial charge in [0.1, 0.15) is 6.10 Å². The molecule has 2 aliphatic heterocycles. The van der Waals surface area contributed by atoms with E-state index in [1.165, 1.54) is 10.4 Å². The van der Waals surface area contributed by atoms with Crippen molar-refractivity contribution in [2.24, 2.45) is 5.41 Å². The minimum absolute atomic E-state index is 0.101. The van der Waals surface area contributed by atoms with Crippen molar-refractivity contribution >= 4 is 23.2 Å². The molecule has 0 aliphatic carbocycles. The Morgan fingerprint density at radius 3 is 2.54 bits per heavy atom. The van der Waals surface area contributed by atoms with E-state index in [9.17, 15) is 9.59 Å². The number of hydrogen-bond acceptors (Lipinski definition) is 4. The minimum Gasteiger partial charge on any atom is -0.372 e. The van der Waals surface area contributed by atoms with Crippen LogP contribution < -0.4 is 0 Å². The quantitative estimate of drug-likeness (QED) is 0.823. The Balaban J connectivity index is 1.54. The number of fused-ring (bicyclic) bond motifs is 1. The Morgan fingerprint density at radius 1 is 1.21 bits per heavy atom. The molecule has 1 atom stereocenters. The monoisotopic (exact) mass is 350 g/mol. The molecular formula is C18H26N2O3S. The Hall–Kier alpha value is -1.40. The summed E-state index contributed by atoms with van der Waals surface area (Å²) < 4.78 is 5.83. The number of thiophene rings is 1. The van der Waals surface area contributed by atoms with Crippen molar-refractivity contribution in [2.45, 2.75) is 39.7 Å². The SMILES string of the molecule is CC(C)(C)C(=O)N1CCN(C(=O)CC2OCCc3ccsc32)CC1. The van der Waals surface area contributed by atoms with Gasteiger partial charge in [0.25, 0.3) is 0 Å². The Labute approximate surface area is 147 Å². The fourth-order valence-electron chi connectivity index (χ4n) is 3.30. The zero-order chi connectivity index (χ0) is 17.3. The first-order valence-corrected chi connectivity index (χ1v) is 9.49. The van der Waals surface area contributed by atoms with E-state index in [0.717, 1.165) is 6.42 Å². The summed E-state index contributed by atoms with van der Waals surface area (Å²) in [4.78, 5) is 29.9. The van der Waals surface area contributed by atoms with Crippen LogP contribution in [0.15, 0.2) is 11.4 Å². The molecule has 132 valence electrons. The van der Waals surface area contributed by atoms with E-state index < -0.39 is 0 Å². The largest absolute Gasteiger partial charge is 0.372 e. The second kappa shape index (κ2) is 6.84. The van der Waals surface area contributed by atoms with Crippen LogP contribution in [-0.4, -0.2) is 54.4 Å². The third-order valence-electron chi connectivity index (χ3n) is 4.68. The molecule has 0 spiro atoms. The van der Waals surface area contributed by atoms with E-state index in [1.54, 1.807) is 11.3 Å². The second-order valence-electron chi connectivity index (χ2n) is 7.55. The van der Waals surface area contributed by atoms with Gasteiger partial charge in [-0.25, -0.2) is 0 Å². The standard InChI is InChI=1S/C18H26N2O3S/c1-18(2,3)17(22)20-8-6-19(7-9-20)15(21)12-14-16-13(4-10-23-14)5-11-24-16/h5,11,14H,4,6-10,12H2,1-3H3. The third kappa shape index (κ3) is 3.64. The normalized spacial score (nSPS) is 21.5. The van der Waals surface area contributed by atoms with Crippen LogP contribution in [0.2, 0.25) is 0 Å². The number of hydrogen-bond donors (Lipinski definition) is 0. The van der Waals surface area contributed by atoms with Crippen LogP contribution in [-0.2, 0) is 20.7 Å². The molecular weight excluding hydrogens is 324 g/mol. The van der Waals surface area contributed by atoms with Gasteiger partial charge >= 0.3 is 0 Å². The molecule has 1 aromatic rings. The molecule has 0 N–H and O–H groups in total. The molecule has 1 unspecified atom stereocenters. The number of carbonyl (C=O) groups is 2. The topological polar surface area (TPSA) is 49.9 Å². The van der Waals surface area contributed by atoms with Crippen molar-refractivity contribution < 1.29 is 14.3 Å². The van der Waals surface area contributed by atoms with Crippen molar-refractivity contribution in [3.8, 4) is 0 Å². The van der Waals surface area contributed by atoms with E-state index in [1.807, 2.05) is 30.6 Å². The predicted molar refractivity (Wildman–Crippen MR) is 93.9 cm³/mol. The van der Waals surface area contributed by atoms with Crippen LogP contribution in [0.5, 0.6) is 0 Å². The third-order valence-corrected chi connectivity index (χ3v) is 5.74. The van der Waals surface area contributed by atoms with E-state index in [2.05, 4.69) is 11.4 Å². The maximum Gasteiger partial charge on any atom is 0.228 e. The van der Waals surface area contributed by atoms with Gasteiger partial charge < -0.3 is 14.5 Å². The molecule has 24 heavy (non-hydrogen) atoms. The van der Waals surface area contributed by atoms with Crippen molar-refractivity contribution in [1.82, 2.24) is 9.80 Å². The van der Waals surface area contributed by atoms with Gasteiger partial charge in [0, 0.05) is 36.5 Å². The van der Waals surface area contributed by atoms with Crippen LogP contribution in [0, 0.1) is 5.41 Å². The molecule has 2 amide bonds. The molecule has 0 bridgehead atoms. The summed E-state index contributed by atoms with van der Waals surface area (Å²) in [5.41, 5.74) is 0.960. The molecule has 1 saturated heterocycles. The van der Waals surface area contributed by atoms with Crippen molar-refractivity contribution in [3.05, 3.63) is 21.9 Å². The summed E-state index contributed by atoms with van der Waals surface area (Å²) in [5.74, 6) is 0.289. The molecule has 0 radical (unpaired) electrons. The number of piperazine rings is 1. The molecule has 3 rings (SSSR count). The lowest BCUT2D eigenvalue weighted by atomic mass is 9.94. The Bertz CT molecular complexity index is 612. The van der Waals surface area contributed by atoms with E-state index in [4.69, 9.17) is 4.74 Å². The van der Waals surface area contributed by atoms with Gasteiger partial charge in [-0.3, -0.25) is 9.59 Å². The highest BCUT2D eigenvalue weighted by Gasteiger charge is 2.32. The second-order valence-corrected chi connectivity index (χ2v) is 8.49. The van der Waals surface area contributed by atoms with E-state index >= 15 is 0 Å². The number of carbonyl (C=O) groups excluding carboxylic acids is 2. The van der Waals surface area contributed by atoms with Crippen LogP contribution in [0.25, 0.3) is 0 Å². The van der Waals surface area contributed by atoms with Crippen LogP contribution in [0.4, 0.5) is 0 Å². The van der Waals surface area contributed by atoms with Crippen molar-refractivity contribution in [1.29, 1.82) is 0 Å². The van der Waals surface area contributed by atoms with E-state index in [-0.39, 0.29) is 23.3 Å². The molecule has 0 aromatic carbocycles. The summed E-state index contributed by atoms with van der Waals surface area (Å²) in [6.45, 7) is 8.98. The molecule has 0 saturated carbocycles. The summed E-state index contributed by atoms with van der Waals surface area (Å²) in [6.07, 6.45) is 1.24. The number of amides is 2. The predicted octanol–water partition coefficient (Wildman–Crippen LogP) is 2.47. The summed E-state index contributed by atoms with van der Waals surface area (Å²) >= 11 is 1.68. The highest BCUT2D eigenvalue weighted by Crippen LogP contribution is 2.34. The highest BCUT2D eigenvalue weighted by atomic mass is 32.1. The van der Waals surface area contributed by atoms with Crippen LogP contribution >= 0.6 is 11.3 Å². The van der Waals surface area contributed by atoms with Gasteiger partial charge in [-0.2, -0.15) is 0 Å². The smallest absolute Gasteiger partial charge is 0.228 e. The summed E-state index contributed by atoms with van der Waals surface area (Å²) in [6, 6.07) is 2.14. The summed E-state index contributed by atoms with van der Waals surface area (Å²) in [7, 11) is 0. The number of nitrogens with zero attached hydrogens (tertiary/aromatic N) is 2. The van der Waals surface area contributed by atoms with Gasteiger partial charge in [-0.15, -0.1) is 11.3 Å². The average molecular weight is 350 g/mol. The zero-order valence-electron chi connectivity index (χ0n) is 14.7. The average Bonchev–Trinajstić information content (AvgIpc) is 3.03. The van der Waals surface area contributed by atoms with Gasteiger partial charge in [-0.05, 0) is 23.4 Å². The maximum absolute atomic E-state index is 12.6. The highest BCUT2D eigenvalue weighted by molar-refractivity contribution is 7.10. The van der Waals surface area contributed by atoms with Crippen molar-refractivity contribution in [3.63, 3.8) is 0 Å². The molecule has 6 heteroatoms. The van der Waals surface area contributed by atoms with Crippen molar-refractivity contribution in [2.75, 3.05) is 32.8 Å². The first kappa shape index (κ1) is 17.4. The van der Waals surface area contributed by atoms with E-state index in [0.29, 0.717) is 39.2 Å². The van der Waals surface area contributed by atoms with Gasteiger partial charge in [0.2, 0.25) is 11.8 Å². The molecule has 3 heterocycles. The van der Waals surface area contributed by atoms with Crippen LogP contribution in [0.3, 0.4) is 0 Å². The lowest BCUT2D eigenvalue weighted by Gasteiger charge is -2.38. The molecule has 1 fully saturated rings. The zero-order valence-corrected chi connectivity index (χ0v) is 15.5. The fraction of sp³-hybridized carbons (Fsp3) is 0.667. The fourth-order valence-corrected chi connectivity index (χ4v) is 4.30. The lowest BCUT2D eigenvalue weighted by molar-refractivity contribution is -0.146. The Kier molecular flexibility index (Phi) is 4.97. The Morgan fingerprint density at radius 2 is 1.88 bits per heavy atom. The molecule has 2 aliphatic rings. The van der Waals surface area contributed by atoms with Gasteiger partial charge in [0.05, 0.1) is 13.0 Å². The van der Waals surface area contributed by atoms with Crippen LogP contribution in [0.1, 0.15) is 43.7 Å². The first-order chi connectivity index (χ1) is 11.4. The summed E-state index contributed by atoms with van der Waals surface area (Å²) in [5, 5.41) is 2.08.